The van der Waals surface area contributed by atoms with Gasteiger partial charge in [0.1, 0.15) is 17.2 Å². The van der Waals surface area contributed by atoms with Crippen molar-refractivity contribution in [2.75, 3.05) is 0 Å². The number of fused-ring (bicyclic) bond motifs is 1. The molecule has 7 heteroatoms. The maximum absolute atomic E-state index is 14.3. The van der Waals surface area contributed by atoms with Gasteiger partial charge >= 0.3 is 0 Å². The molecule has 0 bridgehead atoms. The molecule has 0 aliphatic heterocycles. The fourth-order valence-electron chi connectivity index (χ4n) is 3.32. The molecule has 1 aliphatic rings. The number of aromatic amines is 1. The summed E-state index contributed by atoms with van der Waals surface area (Å²) in [6.45, 7) is 6.10. The van der Waals surface area contributed by atoms with Crippen molar-refractivity contribution in [3.63, 3.8) is 0 Å². The molecule has 2 heterocycles. The van der Waals surface area contributed by atoms with Gasteiger partial charge in [0.2, 0.25) is 11.7 Å². The molecule has 4 rings (SSSR count). The van der Waals surface area contributed by atoms with Crippen LogP contribution in [0.3, 0.4) is 0 Å². The molecule has 2 N–H and O–H groups in total. The molecule has 1 aliphatic carbocycles. The van der Waals surface area contributed by atoms with Crippen molar-refractivity contribution in [3.8, 4) is 11.4 Å². The minimum absolute atomic E-state index is 0.241. The predicted octanol–water partition coefficient (Wildman–Crippen LogP) is 3.30. The van der Waals surface area contributed by atoms with Gasteiger partial charge in [-0.15, -0.1) is 0 Å². The lowest BCUT2D eigenvalue weighted by Crippen LogP contribution is -2.43. The molecule has 1 aromatic carbocycles. The van der Waals surface area contributed by atoms with E-state index in [0.717, 1.165) is 24.2 Å². The van der Waals surface area contributed by atoms with Crippen molar-refractivity contribution in [1.29, 1.82) is 0 Å². The van der Waals surface area contributed by atoms with E-state index in [1.165, 1.54) is 6.07 Å². The second-order valence-corrected chi connectivity index (χ2v) is 6.78. The van der Waals surface area contributed by atoms with Crippen molar-refractivity contribution >= 4 is 11.0 Å². The number of aryl methyl sites for hydroxylation is 1. The molecule has 6 nitrogen and oxygen atoms in total. The molecular weight excluding hydrogens is 309 g/mol. The number of hydrogen-bond donors (Lipinski definition) is 2. The van der Waals surface area contributed by atoms with E-state index < -0.39 is 5.82 Å². The quantitative estimate of drug-likeness (QED) is 0.768. The molecule has 1 saturated carbocycles. The molecule has 126 valence electrons. The van der Waals surface area contributed by atoms with Crippen molar-refractivity contribution in [1.82, 2.24) is 25.4 Å². The molecular formula is C17H20FN5O. The van der Waals surface area contributed by atoms with Gasteiger partial charge in [0.15, 0.2) is 0 Å². The number of imidazole rings is 1. The smallest absolute Gasteiger partial charge is 0.230 e. The molecule has 0 amide bonds. The normalized spacial score (nSPS) is 20.7. The van der Waals surface area contributed by atoms with Gasteiger partial charge in [0, 0.05) is 18.0 Å². The van der Waals surface area contributed by atoms with E-state index in [2.05, 4.69) is 39.3 Å². The number of benzene rings is 1. The summed E-state index contributed by atoms with van der Waals surface area (Å²) in [5.41, 5.74) is 1.59. The SMILES string of the molecule is Cc1nc2c(-c3noc(C4CC(NC(C)C)C4)n3)c(F)ccc2[nH]1. The zero-order valence-corrected chi connectivity index (χ0v) is 13.9. The Morgan fingerprint density at radius 3 is 2.83 bits per heavy atom. The van der Waals surface area contributed by atoms with E-state index in [1.54, 1.807) is 6.07 Å². The van der Waals surface area contributed by atoms with Crippen LogP contribution in [0.15, 0.2) is 16.7 Å². The molecule has 0 saturated heterocycles. The highest BCUT2D eigenvalue weighted by molar-refractivity contribution is 5.90. The van der Waals surface area contributed by atoms with Crippen LogP contribution in [0.1, 0.15) is 44.3 Å². The van der Waals surface area contributed by atoms with Crippen molar-refractivity contribution < 1.29 is 8.91 Å². The second kappa shape index (κ2) is 5.66. The minimum Gasteiger partial charge on any atom is -0.342 e. The summed E-state index contributed by atoms with van der Waals surface area (Å²) in [6.07, 6.45) is 1.93. The van der Waals surface area contributed by atoms with Crippen LogP contribution < -0.4 is 5.32 Å². The Labute approximate surface area is 138 Å². The Morgan fingerprint density at radius 1 is 1.29 bits per heavy atom. The Morgan fingerprint density at radius 2 is 2.08 bits per heavy atom. The van der Waals surface area contributed by atoms with Gasteiger partial charge in [-0.3, -0.25) is 0 Å². The summed E-state index contributed by atoms with van der Waals surface area (Å²) in [7, 11) is 0. The zero-order valence-electron chi connectivity index (χ0n) is 13.9. The minimum atomic E-state index is -0.394. The first-order valence-corrected chi connectivity index (χ1v) is 8.26. The van der Waals surface area contributed by atoms with Gasteiger partial charge in [-0.25, -0.2) is 9.37 Å². The fourth-order valence-corrected chi connectivity index (χ4v) is 3.32. The standard InChI is InChI=1S/C17H20FN5O/c1-8(2)19-11-6-10(7-11)17-22-16(23-24-17)14-12(18)4-5-13-15(14)21-9(3)20-13/h4-5,8,10-11,19H,6-7H2,1-3H3,(H,20,21). The van der Waals surface area contributed by atoms with Gasteiger partial charge in [-0.1, -0.05) is 19.0 Å². The highest BCUT2D eigenvalue weighted by Gasteiger charge is 2.35. The van der Waals surface area contributed by atoms with Gasteiger partial charge < -0.3 is 14.8 Å². The van der Waals surface area contributed by atoms with Crippen LogP contribution in [-0.2, 0) is 0 Å². The first kappa shape index (κ1) is 15.3. The van der Waals surface area contributed by atoms with Gasteiger partial charge in [-0.2, -0.15) is 4.98 Å². The summed E-state index contributed by atoms with van der Waals surface area (Å²) in [4.78, 5) is 11.9. The van der Waals surface area contributed by atoms with Crippen LogP contribution in [0.2, 0.25) is 0 Å². The first-order chi connectivity index (χ1) is 11.5. The highest BCUT2D eigenvalue weighted by atomic mass is 19.1. The van der Waals surface area contributed by atoms with Gasteiger partial charge in [0.25, 0.3) is 0 Å². The number of H-pyrrole nitrogens is 1. The average Bonchev–Trinajstić information content (AvgIpc) is 3.08. The lowest BCUT2D eigenvalue weighted by Gasteiger charge is -2.34. The Bertz CT molecular complexity index is 878. The third-order valence-electron chi connectivity index (χ3n) is 4.44. The summed E-state index contributed by atoms with van der Waals surface area (Å²) >= 11 is 0. The molecule has 2 aromatic heterocycles. The zero-order chi connectivity index (χ0) is 16.8. The van der Waals surface area contributed by atoms with Crippen molar-refractivity contribution in [3.05, 3.63) is 29.7 Å². The van der Waals surface area contributed by atoms with Crippen LogP contribution in [0, 0.1) is 12.7 Å². The van der Waals surface area contributed by atoms with E-state index in [4.69, 9.17) is 4.52 Å². The van der Waals surface area contributed by atoms with Crippen LogP contribution >= 0.6 is 0 Å². The number of halogens is 1. The van der Waals surface area contributed by atoms with E-state index in [-0.39, 0.29) is 11.7 Å². The Kier molecular flexibility index (Phi) is 3.60. The molecule has 0 spiro atoms. The van der Waals surface area contributed by atoms with E-state index in [9.17, 15) is 4.39 Å². The van der Waals surface area contributed by atoms with Crippen LogP contribution in [0.25, 0.3) is 22.4 Å². The van der Waals surface area contributed by atoms with Crippen LogP contribution in [-0.4, -0.2) is 32.2 Å². The first-order valence-electron chi connectivity index (χ1n) is 8.26. The molecule has 24 heavy (non-hydrogen) atoms. The average molecular weight is 329 g/mol. The van der Waals surface area contributed by atoms with Gasteiger partial charge in [0.05, 0.1) is 11.1 Å². The third-order valence-corrected chi connectivity index (χ3v) is 4.44. The van der Waals surface area contributed by atoms with E-state index in [0.29, 0.717) is 29.1 Å². The third kappa shape index (κ3) is 2.58. The van der Waals surface area contributed by atoms with E-state index in [1.807, 2.05) is 6.92 Å². The molecule has 0 radical (unpaired) electrons. The fraction of sp³-hybridized carbons (Fsp3) is 0.471. The number of rotatable bonds is 4. The summed E-state index contributed by atoms with van der Waals surface area (Å²) < 4.78 is 19.7. The van der Waals surface area contributed by atoms with E-state index >= 15 is 0 Å². The number of hydrogen-bond acceptors (Lipinski definition) is 5. The van der Waals surface area contributed by atoms with Gasteiger partial charge in [-0.05, 0) is 31.9 Å². The lowest BCUT2D eigenvalue weighted by atomic mass is 9.80. The maximum atomic E-state index is 14.3. The summed E-state index contributed by atoms with van der Waals surface area (Å²) in [5.74, 6) is 1.41. The molecule has 0 unspecified atom stereocenters. The van der Waals surface area contributed by atoms with Crippen LogP contribution in [0.5, 0.6) is 0 Å². The molecule has 0 atom stereocenters. The summed E-state index contributed by atoms with van der Waals surface area (Å²) in [5, 5.41) is 7.48. The van der Waals surface area contributed by atoms with Crippen LogP contribution in [0.4, 0.5) is 4.39 Å². The predicted molar refractivity (Wildman–Crippen MR) is 88.1 cm³/mol. The number of nitrogens with one attached hydrogen (secondary N) is 2. The largest absolute Gasteiger partial charge is 0.342 e. The maximum Gasteiger partial charge on any atom is 0.230 e. The molecule has 1 fully saturated rings. The second-order valence-electron chi connectivity index (χ2n) is 6.78. The van der Waals surface area contributed by atoms with Crippen molar-refractivity contribution in [2.45, 2.75) is 51.6 Å². The Balaban J connectivity index is 1.61. The lowest BCUT2D eigenvalue weighted by molar-refractivity contribution is 0.225. The number of aromatic nitrogens is 4. The topological polar surface area (TPSA) is 79.6 Å². The molecule has 3 aromatic rings. The monoisotopic (exact) mass is 329 g/mol. The summed E-state index contributed by atoms with van der Waals surface area (Å²) in [6, 6.07) is 4.02. The number of nitrogens with zero attached hydrogens (tertiary/aromatic N) is 3. The highest BCUT2D eigenvalue weighted by Crippen LogP contribution is 2.37. The van der Waals surface area contributed by atoms with Crippen molar-refractivity contribution in [2.24, 2.45) is 0 Å². The Hall–Kier alpha value is -2.28.